The molecule has 0 saturated carbocycles. The number of likely N-dealkylation sites (N-methyl/N-ethyl adjacent to an activating group) is 1. The van der Waals surface area contributed by atoms with Gasteiger partial charge in [0.15, 0.2) is 6.10 Å². The van der Waals surface area contributed by atoms with E-state index in [0.717, 1.165) is 64.2 Å². The molecular formula is C40H73NO7. The van der Waals surface area contributed by atoms with E-state index in [4.69, 9.17) is 14.2 Å². The molecule has 0 aromatic rings. The van der Waals surface area contributed by atoms with Crippen LogP contribution in [0.25, 0.3) is 0 Å². The fraction of sp³-hybridized carbons (Fsp3) is 0.825. The van der Waals surface area contributed by atoms with Gasteiger partial charge in [0.1, 0.15) is 12.6 Å². The number of rotatable bonds is 34. The Morgan fingerprint density at radius 1 is 0.604 bits per heavy atom. The molecule has 2 atom stereocenters. The number of quaternary nitrogens is 1. The van der Waals surface area contributed by atoms with Crippen molar-refractivity contribution in [3.63, 3.8) is 0 Å². The third kappa shape index (κ3) is 29.9. The summed E-state index contributed by atoms with van der Waals surface area (Å²) < 4.78 is 17.1. The molecule has 0 aromatic carbocycles. The number of carboxylic acids is 1. The molecule has 0 amide bonds. The first kappa shape index (κ1) is 45.8. The highest BCUT2D eigenvalue weighted by Crippen LogP contribution is 2.12. The maximum atomic E-state index is 12.6. The van der Waals surface area contributed by atoms with E-state index in [0.29, 0.717) is 12.8 Å². The Morgan fingerprint density at radius 2 is 1.06 bits per heavy atom. The van der Waals surface area contributed by atoms with Crippen LogP contribution in [0.15, 0.2) is 24.3 Å². The van der Waals surface area contributed by atoms with Crippen LogP contribution in [-0.4, -0.2) is 75.5 Å². The monoisotopic (exact) mass is 680 g/mol. The Balaban J connectivity index is 4.46. The number of ether oxygens (including phenoxy) is 3. The number of aliphatic carboxylic acids is 1. The van der Waals surface area contributed by atoms with Crippen LogP contribution in [-0.2, 0) is 28.6 Å². The molecular weight excluding hydrogens is 606 g/mol. The lowest BCUT2D eigenvalue weighted by Gasteiger charge is -2.34. The van der Waals surface area contributed by atoms with Gasteiger partial charge < -0.3 is 28.6 Å². The first-order chi connectivity index (χ1) is 23.1. The highest BCUT2D eigenvalue weighted by molar-refractivity contribution is 5.70. The maximum absolute atomic E-state index is 12.6. The lowest BCUT2D eigenvalue weighted by atomic mass is 10.1. The van der Waals surface area contributed by atoms with Crippen molar-refractivity contribution in [2.45, 2.75) is 174 Å². The molecule has 0 N–H and O–H groups in total. The molecule has 0 rings (SSSR count). The summed E-state index contributed by atoms with van der Waals surface area (Å²) in [7, 11) is 5.39. The SMILES string of the molecule is CCCC/C=C/CCCCCCCC(=O)OCC(COCCC(C(=O)[O-])[N+](C)(C)C)OC(=O)CCCCC/C=C/CCCCCCCC. The second-order valence-electron chi connectivity index (χ2n) is 14.2. The van der Waals surface area contributed by atoms with E-state index in [1.54, 1.807) is 21.1 Å². The molecule has 0 aliphatic heterocycles. The Kier molecular flexibility index (Phi) is 30.6. The Bertz CT molecular complexity index is 849. The van der Waals surface area contributed by atoms with Crippen LogP contribution in [0.3, 0.4) is 0 Å². The number of carbonyl (C=O) groups is 3. The number of carboxylic acid groups (broad SMARTS) is 1. The van der Waals surface area contributed by atoms with Crippen molar-refractivity contribution in [1.29, 1.82) is 0 Å². The molecule has 0 spiro atoms. The minimum atomic E-state index is -1.13. The summed E-state index contributed by atoms with van der Waals surface area (Å²) in [4.78, 5) is 36.6. The fourth-order valence-electron chi connectivity index (χ4n) is 5.46. The Hall–Kier alpha value is -2.19. The van der Waals surface area contributed by atoms with Gasteiger partial charge in [-0.05, 0) is 57.8 Å². The zero-order chi connectivity index (χ0) is 35.7. The molecule has 2 unspecified atom stereocenters. The third-order valence-corrected chi connectivity index (χ3v) is 8.56. The molecule has 0 bridgehead atoms. The van der Waals surface area contributed by atoms with Gasteiger partial charge in [-0.15, -0.1) is 0 Å². The van der Waals surface area contributed by atoms with Crippen LogP contribution < -0.4 is 5.11 Å². The Morgan fingerprint density at radius 3 is 1.58 bits per heavy atom. The standard InChI is InChI=1S/C40H73NO7/c1-6-8-10-12-14-16-18-19-21-23-25-27-29-31-39(43)48-36(34-46-33-32-37(40(44)45)41(3,4)5)35-47-38(42)30-28-26-24-22-20-17-15-13-11-9-7-2/h13,15,19,21,36-37H,6-12,14,16-18,20,22-35H2,1-5H3/b15-13+,21-19+. The highest BCUT2D eigenvalue weighted by atomic mass is 16.6. The van der Waals surface area contributed by atoms with Crippen LogP contribution in [0.2, 0.25) is 0 Å². The molecule has 0 aromatic heterocycles. The molecule has 0 radical (unpaired) electrons. The molecule has 8 nitrogen and oxygen atoms in total. The average molecular weight is 680 g/mol. The van der Waals surface area contributed by atoms with E-state index in [1.165, 1.54) is 64.2 Å². The highest BCUT2D eigenvalue weighted by Gasteiger charge is 2.25. The smallest absolute Gasteiger partial charge is 0.306 e. The molecule has 8 heteroatoms. The first-order valence-electron chi connectivity index (χ1n) is 19.4. The summed E-state index contributed by atoms with van der Waals surface area (Å²) in [5.41, 5.74) is 0. The van der Waals surface area contributed by atoms with Crippen LogP contribution in [0.1, 0.15) is 162 Å². The number of nitrogens with zero attached hydrogens (tertiary/aromatic N) is 1. The lowest BCUT2D eigenvalue weighted by molar-refractivity contribution is -0.889. The third-order valence-electron chi connectivity index (χ3n) is 8.56. The number of hydrogen-bond donors (Lipinski definition) is 0. The number of esters is 2. The van der Waals surface area contributed by atoms with Crippen molar-refractivity contribution in [1.82, 2.24) is 0 Å². The van der Waals surface area contributed by atoms with Crippen molar-refractivity contribution in [2.24, 2.45) is 0 Å². The van der Waals surface area contributed by atoms with Gasteiger partial charge >= 0.3 is 11.9 Å². The van der Waals surface area contributed by atoms with E-state index in [-0.39, 0.29) is 42.7 Å². The summed E-state index contributed by atoms with van der Waals surface area (Å²) in [6.45, 7) is 4.57. The number of allylic oxidation sites excluding steroid dienone is 4. The van der Waals surface area contributed by atoms with Crippen LogP contribution in [0.4, 0.5) is 0 Å². The van der Waals surface area contributed by atoms with Gasteiger partial charge in [-0.1, -0.05) is 109 Å². The van der Waals surface area contributed by atoms with E-state index in [2.05, 4.69) is 38.2 Å². The summed E-state index contributed by atoms with van der Waals surface area (Å²) >= 11 is 0. The van der Waals surface area contributed by atoms with Gasteiger partial charge in [-0.3, -0.25) is 9.59 Å². The van der Waals surface area contributed by atoms with Crippen molar-refractivity contribution in [3.8, 4) is 0 Å². The molecule has 0 heterocycles. The minimum absolute atomic E-state index is 0.0339. The predicted molar refractivity (Wildman–Crippen MR) is 194 cm³/mol. The van der Waals surface area contributed by atoms with Gasteiger partial charge in [0, 0.05) is 19.3 Å². The average Bonchev–Trinajstić information content (AvgIpc) is 3.03. The first-order valence-corrected chi connectivity index (χ1v) is 19.4. The zero-order valence-electron chi connectivity index (χ0n) is 31.7. The van der Waals surface area contributed by atoms with Crippen LogP contribution >= 0.6 is 0 Å². The fourth-order valence-corrected chi connectivity index (χ4v) is 5.46. The second kappa shape index (κ2) is 32.0. The normalized spacial score (nSPS) is 13.3. The molecule has 0 aliphatic carbocycles. The molecule has 0 aliphatic rings. The van der Waals surface area contributed by atoms with Gasteiger partial charge in [-0.2, -0.15) is 0 Å². The zero-order valence-corrected chi connectivity index (χ0v) is 31.7. The topological polar surface area (TPSA) is 102 Å². The summed E-state index contributed by atoms with van der Waals surface area (Å²) in [6, 6.07) is -0.725. The second-order valence-corrected chi connectivity index (χ2v) is 14.2. The van der Waals surface area contributed by atoms with Crippen molar-refractivity contribution in [2.75, 3.05) is 41.0 Å². The van der Waals surface area contributed by atoms with E-state index >= 15 is 0 Å². The van der Waals surface area contributed by atoms with Gasteiger partial charge in [-0.25, -0.2) is 0 Å². The summed E-state index contributed by atoms with van der Waals surface area (Å²) in [5.74, 6) is -1.77. The van der Waals surface area contributed by atoms with E-state index in [1.807, 2.05) is 0 Å². The van der Waals surface area contributed by atoms with Gasteiger partial charge in [0.25, 0.3) is 0 Å². The quantitative estimate of drug-likeness (QED) is 0.0291. The molecule has 0 saturated heterocycles. The van der Waals surface area contributed by atoms with Crippen LogP contribution in [0, 0.1) is 0 Å². The maximum Gasteiger partial charge on any atom is 0.306 e. The number of hydrogen-bond acceptors (Lipinski definition) is 7. The van der Waals surface area contributed by atoms with Gasteiger partial charge in [0.2, 0.25) is 0 Å². The largest absolute Gasteiger partial charge is 0.544 e. The Labute approximate surface area is 294 Å². The number of unbranched alkanes of at least 4 members (excludes halogenated alkanes) is 16. The number of carbonyl (C=O) groups excluding carboxylic acids is 3. The molecule has 0 fully saturated rings. The predicted octanol–water partition coefficient (Wildman–Crippen LogP) is 8.41. The van der Waals surface area contributed by atoms with Crippen LogP contribution in [0.5, 0.6) is 0 Å². The molecule has 48 heavy (non-hydrogen) atoms. The van der Waals surface area contributed by atoms with Crippen molar-refractivity contribution in [3.05, 3.63) is 24.3 Å². The lowest BCUT2D eigenvalue weighted by Crippen LogP contribution is -2.55. The minimum Gasteiger partial charge on any atom is -0.544 e. The van der Waals surface area contributed by atoms with E-state index in [9.17, 15) is 19.5 Å². The van der Waals surface area contributed by atoms with E-state index < -0.39 is 18.1 Å². The summed E-state index contributed by atoms with van der Waals surface area (Å²) in [6.07, 6.45) is 32.0. The van der Waals surface area contributed by atoms with Crippen molar-refractivity contribution >= 4 is 17.9 Å². The summed E-state index contributed by atoms with van der Waals surface area (Å²) in [5, 5.41) is 11.6. The molecule has 280 valence electrons. The van der Waals surface area contributed by atoms with Crippen molar-refractivity contribution < 1.29 is 38.2 Å². The van der Waals surface area contributed by atoms with Gasteiger partial charge in [0.05, 0.1) is 40.3 Å².